The van der Waals surface area contributed by atoms with Crippen LogP contribution in [0.5, 0.6) is 0 Å². The van der Waals surface area contributed by atoms with Crippen LogP contribution in [0.15, 0.2) is 35.5 Å². The fourth-order valence-electron chi connectivity index (χ4n) is 4.10. The minimum absolute atomic E-state index is 0.0994. The third-order valence-electron chi connectivity index (χ3n) is 5.84. The highest BCUT2D eigenvalue weighted by atomic mass is 32.2. The second kappa shape index (κ2) is 11.0. The summed E-state index contributed by atoms with van der Waals surface area (Å²) in [6, 6.07) is 10.9. The Kier molecular flexibility index (Phi) is 8.33. The third kappa shape index (κ3) is 5.85. The number of aromatic nitrogens is 3. The van der Waals surface area contributed by atoms with Crippen LogP contribution in [0.3, 0.4) is 0 Å². The van der Waals surface area contributed by atoms with E-state index in [1.165, 1.54) is 36.6 Å². The summed E-state index contributed by atoms with van der Waals surface area (Å²) in [5.74, 6) is 1.05. The van der Waals surface area contributed by atoms with Crippen LogP contribution in [0, 0.1) is 0 Å². The first-order valence-electron chi connectivity index (χ1n) is 11.1. The number of carbonyl (C=O) groups excluding carboxylic acids is 1. The summed E-state index contributed by atoms with van der Waals surface area (Å²) in [4.78, 5) is 15.0. The third-order valence-corrected chi connectivity index (χ3v) is 6.92. The van der Waals surface area contributed by atoms with E-state index in [1.807, 2.05) is 13.0 Å². The lowest BCUT2D eigenvalue weighted by Gasteiger charge is -2.25. The molecular formula is C23H35N5OS. The van der Waals surface area contributed by atoms with Gasteiger partial charge in [0.2, 0.25) is 5.91 Å². The van der Waals surface area contributed by atoms with Crippen molar-refractivity contribution in [2.45, 2.75) is 81.4 Å². The van der Waals surface area contributed by atoms with Crippen LogP contribution in [0.25, 0.3) is 0 Å². The number of carbonyl (C=O) groups is 1. The Balaban J connectivity index is 1.78. The maximum Gasteiger partial charge on any atom is 0.233 e. The molecule has 1 heterocycles. The zero-order valence-corrected chi connectivity index (χ0v) is 19.5. The molecule has 1 N–H and O–H groups in total. The minimum atomic E-state index is -0.210. The normalized spacial score (nSPS) is 17.1. The number of thioether (sulfide) groups is 1. The standard InChI is InChI=1S/C23H35N5OS/c1-5-20(27(3)4)21-25-26-23(28(21)16-18-12-8-6-9-13-18)30-17(2)22(29)24-19-14-10-7-11-15-19/h6,8-9,12-13,17,19-20H,5,7,10-11,14-16H2,1-4H3,(H,24,29)/t17-,20-/m0/s1. The van der Waals surface area contributed by atoms with Crippen LogP contribution in [0.4, 0.5) is 0 Å². The molecule has 2 atom stereocenters. The fraction of sp³-hybridized carbons (Fsp3) is 0.609. The van der Waals surface area contributed by atoms with Gasteiger partial charge in [0.05, 0.1) is 17.8 Å². The average molecular weight is 430 g/mol. The van der Waals surface area contributed by atoms with E-state index in [9.17, 15) is 4.79 Å². The van der Waals surface area contributed by atoms with Gasteiger partial charge < -0.3 is 9.88 Å². The van der Waals surface area contributed by atoms with E-state index in [0.29, 0.717) is 12.6 Å². The summed E-state index contributed by atoms with van der Waals surface area (Å²) in [5.41, 5.74) is 1.20. The largest absolute Gasteiger partial charge is 0.352 e. The van der Waals surface area contributed by atoms with Gasteiger partial charge in [-0.15, -0.1) is 10.2 Å². The van der Waals surface area contributed by atoms with Crippen LogP contribution in [-0.2, 0) is 11.3 Å². The molecular weight excluding hydrogens is 394 g/mol. The topological polar surface area (TPSA) is 63.1 Å². The lowest BCUT2D eigenvalue weighted by Crippen LogP contribution is -2.40. The molecule has 3 rings (SSSR count). The van der Waals surface area contributed by atoms with Gasteiger partial charge in [-0.2, -0.15) is 0 Å². The molecule has 0 unspecified atom stereocenters. The van der Waals surface area contributed by atoms with E-state index in [4.69, 9.17) is 0 Å². The number of rotatable bonds is 9. The molecule has 30 heavy (non-hydrogen) atoms. The number of nitrogens with zero attached hydrogens (tertiary/aromatic N) is 4. The highest BCUT2D eigenvalue weighted by molar-refractivity contribution is 8.00. The highest BCUT2D eigenvalue weighted by Gasteiger charge is 2.26. The van der Waals surface area contributed by atoms with E-state index >= 15 is 0 Å². The Morgan fingerprint density at radius 2 is 1.90 bits per heavy atom. The predicted octanol–water partition coefficient (Wildman–Crippen LogP) is 4.27. The Morgan fingerprint density at radius 1 is 1.20 bits per heavy atom. The van der Waals surface area contributed by atoms with Crippen molar-refractivity contribution in [1.29, 1.82) is 0 Å². The molecule has 1 saturated carbocycles. The molecule has 0 bridgehead atoms. The summed E-state index contributed by atoms with van der Waals surface area (Å²) >= 11 is 1.51. The van der Waals surface area contributed by atoms with E-state index in [2.05, 4.69) is 70.3 Å². The lowest BCUT2D eigenvalue weighted by atomic mass is 9.95. The van der Waals surface area contributed by atoms with Crippen molar-refractivity contribution in [3.05, 3.63) is 41.7 Å². The van der Waals surface area contributed by atoms with Crippen LogP contribution < -0.4 is 5.32 Å². The van der Waals surface area contributed by atoms with Crippen molar-refractivity contribution in [1.82, 2.24) is 25.0 Å². The first kappa shape index (κ1) is 22.8. The molecule has 0 radical (unpaired) electrons. The van der Waals surface area contributed by atoms with E-state index in [1.54, 1.807) is 0 Å². The molecule has 0 aliphatic heterocycles. The van der Waals surface area contributed by atoms with E-state index in [0.717, 1.165) is 30.2 Å². The number of hydrogen-bond acceptors (Lipinski definition) is 5. The van der Waals surface area contributed by atoms with Crippen molar-refractivity contribution in [3.63, 3.8) is 0 Å². The molecule has 1 fully saturated rings. The Morgan fingerprint density at radius 3 is 2.53 bits per heavy atom. The number of hydrogen-bond donors (Lipinski definition) is 1. The lowest BCUT2D eigenvalue weighted by molar-refractivity contribution is -0.121. The van der Waals surface area contributed by atoms with Crippen LogP contribution >= 0.6 is 11.8 Å². The zero-order valence-electron chi connectivity index (χ0n) is 18.7. The summed E-state index contributed by atoms with van der Waals surface area (Å²) in [6.07, 6.45) is 6.85. The van der Waals surface area contributed by atoms with E-state index < -0.39 is 0 Å². The predicted molar refractivity (Wildman–Crippen MR) is 123 cm³/mol. The van der Waals surface area contributed by atoms with Crippen molar-refractivity contribution in [2.24, 2.45) is 0 Å². The maximum absolute atomic E-state index is 12.8. The van der Waals surface area contributed by atoms with Gasteiger partial charge in [0.1, 0.15) is 0 Å². The Hall–Kier alpha value is -1.86. The summed E-state index contributed by atoms with van der Waals surface area (Å²) < 4.78 is 2.18. The molecule has 6 nitrogen and oxygen atoms in total. The monoisotopic (exact) mass is 429 g/mol. The summed E-state index contributed by atoms with van der Waals surface area (Å²) in [5, 5.41) is 12.9. The van der Waals surface area contributed by atoms with Gasteiger partial charge in [0.25, 0.3) is 0 Å². The molecule has 2 aromatic rings. The smallest absolute Gasteiger partial charge is 0.233 e. The molecule has 0 saturated heterocycles. The average Bonchev–Trinajstić information content (AvgIpc) is 3.11. The van der Waals surface area contributed by atoms with Crippen LogP contribution in [0.1, 0.15) is 69.8 Å². The molecule has 1 aliphatic carbocycles. The number of nitrogens with one attached hydrogen (secondary N) is 1. The van der Waals surface area contributed by atoms with Crippen molar-refractivity contribution >= 4 is 17.7 Å². The molecule has 7 heteroatoms. The maximum atomic E-state index is 12.8. The molecule has 1 amide bonds. The van der Waals surface area contributed by atoms with Crippen molar-refractivity contribution in [2.75, 3.05) is 14.1 Å². The second-order valence-electron chi connectivity index (χ2n) is 8.40. The molecule has 1 aromatic carbocycles. The number of amides is 1. The highest BCUT2D eigenvalue weighted by Crippen LogP contribution is 2.29. The zero-order chi connectivity index (χ0) is 21.5. The quantitative estimate of drug-likeness (QED) is 0.603. The Bertz CT molecular complexity index is 801. The van der Waals surface area contributed by atoms with Crippen molar-refractivity contribution in [3.8, 4) is 0 Å². The van der Waals surface area contributed by atoms with Crippen LogP contribution in [-0.4, -0.2) is 51.0 Å². The minimum Gasteiger partial charge on any atom is -0.352 e. The SMILES string of the molecule is CC[C@@H](c1nnc(S[C@@H](C)C(=O)NC2CCCCC2)n1Cc1ccccc1)N(C)C. The van der Waals surface area contributed by atoms with Gasteiger partial charge in [-0.25, -0.2) is 0 Å². The molecule has 0 spiro atoms. The molecule has 1 aliphatic rings. The van der Waals surface area contributed by atoms with Crippen LogP contribution in [0.2, 0.25) is 0 Å². The van der Waals surface area contributed by atoms with Gasteiger partial charge in [-0.1, -0.05) is 68.3 Å². The van der Waals surface area contributed by atoms with Gasteiger partial charge in [0, 0.05) is 6.04 Å². The summed E-state index contributed by atoms with van der Waals surface area (Å²) in [6.45, 7) is 4.83. The Labute approximate surface area is 184 Å². The first-order chi connectivity index (χ1) is 14.5. The fourth-order valence-corrected chi connectivity index (χ4v) is 4.97. The summed E-state index contributed by atoms with van der Waals surface area (Å²) in [7, 11) is 4.14. The van der Waals surface area contributed by atoms with Crippen molar-refractivity contribution < 1.29 is 4.79 Å². The first-order valence-corrected chi connectivity index (χ1v) is 12.0. The van der Waals surface area contributed by atoms with Gasteiger partial charge >= 0.3 is 0 Å². The van der Waals surface area contributed by atoms with Gasteiger partial charge in [0.15, 0.2) is 11.0 Å². The van der Waals surface area contributed by atoms with Gasteiger partial charge in [-0.3, -0.25) is 9.69 Å². The molecule has 1 aromatic heterocycles. The van der Waals surface area contributed by atoms with Gasteiger partial charge in [-0.05, 0) is 45.8 Å². The molecule has 164 valence electrons. The van der Waals surface area contributed by atoms with E-state index in [-0.39, 0.29) is 17.2 Å². The number of benzene rings is 1. The second-order valence-corrected chi connectivity index (χ2v) is 9.71.